The second-order valence-electron chi connectivity index (χ2n) is 7.07. The first-order valence-corrected chi connectivity index (χ1v) is 11.0. The highest BCUT2D eigenvalue weighted by molar-refractivity contribution is 7.97. The standard InChI is InChI=1S/C23H24N8O2S/c1-32-16-11-15(12-17(13-16)33-2)26-22-23(28-20-9-4-3-8-19(20)27-22)30-34-18-7-5-6-14(10-18)21(24)29-31-25/h3-13,26-28,30H,1-2H3,(H3,24,25,29). The van der Waals surface area contributed by atoms with Crippen LogP contribution in [0.5, 0.6) is 11.5 Å². The number of nitrogens with one attached hydrogen (secondary N) is 5. The van der Waals surface area contributed by atoms with Crippen LogP contribution in [0.4, 0.5) is 17.1 Å². The number of rotatable bonds is 8. The zero-order valence-electron chi connectivity index (χ0n) is 18.5. The summed E-state index contributed by atoms with van der Waals surface area (Å²) in [5, 5.41) is 24.9. The smallest absolute Gasteiger partial charge is 0.176 e. The molecule has 0 fully saturated rings. The monoisotopic (exact) mass is 476 g/mol. The molecule has 0 unspecified atom stereocenters. The minimum absolute atomic E-state index is 0.00937. The first-order valence-electron chi connectivity index (χ1n) is 10.2. The number of nitrogens with zero attached hydrogens (tertiary/aromatic N) is 2. The molecule has 0 saturated heterocycles. The summed E-state index contributed by atoms with van der Waals surface area (Å²) >= 11 is 1.38. The lowest BCUT2D eigenvalue weighted by atomic mass is 10.2. The van der Waals surface area contributed by atoms with E-state index in [1.807, 2.05) is 60.7 Å². The lowest BCUT2D eigenvalue weighted by Gasteiger charge is -2.27. The number of hydrogen-bond acceptors (Lipinski definition) is 9. The summed E-state index contributed by atoms with van der Waals surface area (Å²) < 4.78 is 14.1. The van der Waals surface area contributed by atoms with Crippen molar-refractivity contribution in [3.05, 3.63) is 83.9 Å². The highest BCUT2D eigenvalue weighted by Crippen LogP contribution is 2.32. The Morgan fingerprint density at radius 3 is 2.24 bits per heavy atom. The Hall–Kier alpha value is -4.38. The molecule has 11 heteroatoms. The molecule has 10 nitrogen and oxygen atoms in total. The van der Waals surface area contributed by atoms with Crippen molar-refractivity contribution >= 4 is 34.8 Å². The number of ether oxygens (including phenoxy) is 2. The predicted molar refractivity (Wildman–Crippen MR) is 135 cm³/mol. The number of methoxy groups -OCH3 is 2. The first kappa shape index (κ1) is 22.8. The van der Waals surface area contributed by atoms with Gasteiger partial charge in [-0.25, -0.2) is 0 Å². The van der Waals surface area contributed by atoms with Gasteiger partial charge in [-0.1, -0.05) is 29.5 Å². The van der Waals surface area contributed by atoms with E-state index in [0.717, 1.165) is 22.0 Å². The van der Waals surface area contributed by atoms with E-state index in [1.54, 1.807) is 20.3 Å². The minimum atomic E-state index is -0.00937. The van der Waals surface area contributed by atoms with Crippen molar-refractivity contribution < 1.29 is 9.47 Å². The van der Waals surface area contributed by atoms with Crippen LogP contribution in [0.3, 0.4) is 0 Å². The van der Waals surface area contributed by atoms with Crippen LogP contribution < -0.4 is 36.0 Å². The molecule has 0 amide bonds. The van der Waals surface area contributed by atoms with Crippen LogP contribution in [-0.4, -0.2) is 20.1 Å². The average Bonchev–Trinajstić information content (AvgIpc) is 2.87. The second-order valence-corrected chi connectivity index (χ2v) is 7.95. The molecule has 0 atom stereocenters. The normalized spacial score (nSPS) is 12.4. The molecule has 1 heterocycles. The Labute approximate surface area is 201 Å². The van der Waals surface area contributed by atoms with Gasteiger partial charge in [-0.2, -0.15) is 0 Å². The third-order valence-corrected chi connectivity index (χ3v) is 5.65. The largest absolute Gasteiger partial charge is 0.497 e. The van der Waals surface area contributed by atoms with Gasteiger partial charge >= 0.3 is 0 Å². The van der Waals surface area contributed by atoms with E-state index in [1.165, 1.54) is 11.9 Å². The number of fused-ring (bicyclic) bond motifs is 1. The van der Waals surface area contributed by atoms with Crippen molar-refractivity contribution in [2.75, 3.05) is 30.2 Å². The average molecular weight is 477 g/mol. The molecular weight excluding hydrogens is 452 g/mol. The van der Waals surface area contributed by atoms with Gasteiger partial charge < -0.3 is 36.0 Å². The molecule has 4 rings (SSSR count). The van der Waals surface area contributed by atoms with Crippen molar-refractivity contribution in [1.82, 2.24) is 4.72 Å². The molecule has 1 aliphatic heterocycles. The second kappa shape index (κ2) is 10.5. The number of anilines is 3. The van der Waals surface area contributed by atoms with Gasteiger partial charge in [-0.05, 0) is 36.2 Å². The Balaban J connectivity index is 1.60. The van der Waals surface area contributed by atoms with Gasteiger partial charge in [0.2, 0.25) is 0 Å². The molecule has 7 N–H and O–H groups in total. The summed E-state index contributed by atoms with van der Waals surface area (Å²) in [5.41, 5.74) is 3.25. The number of amidine groups is 1. The summed E-state index contributed by atoms with van der Waals surface area (Å²) in [6.45, 7) is 0. The zero-order valence-corrected chi connectivity index (χ0v) is 19.4. The van der Waals surface area contributed by atoms with E-state index >= 15 is 0 Å². The van der Waals surface area contributed by atoms with E-state index < -0.39 is 0 Å². The van der Waals surface area contributed by atoms with Crippen LogP contribution in [0, 0.1) is 5.41 Å². The molecule has 3 aromatic rings. The van der Waals surface area contributed by atoms with Gasteiger partial charge in [0.05, 0.1) is 25.6 Å². The van der Waals surface area contributed by atoms with Gasteiger partial charge in [0.25, 0.3) is 0 Å². The van der Waals surface area contributed by atoms with Crippen molar-refractivity contribution in [2.24, 2.45) is 16.2 Å². The maximum Gasteiger partial charge on any atom is 0.176 e. The third-order valence-electron chi connectivity index (χ3n) is 4.85. The summed E-state index contributed by atoms with van der Waals surface area (Å²) in [6.07, 6.45) is 0. The SMILES string of the molecule is COc1cc(NC2=C(NSc3cccc(C(=N)N=NN)c3)Nc3ccccc3N2)cc(OC)c1. The molecule has 174 valence electrons. The Bertz CT molecular complexity index is 1240. The summed E-state index contributed by atoms with van der Waals surface area (Å²) in [4.78, 5) is 0.880. The number of benzene rings is 3. The lowest BCUT2D eigenvalue weighted by Crippen LogP contribution is -2.27. The highest BCUT2D eigenvalue weighted by atomic mass is 32.2. The van der Waals surface area contributed by atoms with Crippen molar-refractivity contribution in [2.45, 2.75) is 4.90 Å². The van der Waals surface area contributed by atoms with E-state index in [9.17, 15) is 0 Å². The fraction of sp³-hybridized carbons (Fsp3) is 0.0870. The summed E-state index contributed by atoms with van der Waals surface area (Å²) in [7, 11) is 3.22. The fourth-order valence-corrected chi connectivity index (χ4v) is 3.93. The molecule has 0 saturated carbocycles. The molecule has 1 aliphatic rings. The minimum Gasteiger partial charge on any atom is -0.497 e. The Morgan fingerprint density at radius 2 is 1.59 bits per heavy atom. The molecule has 0 bridgehead atoms. The van der Waals surface area contributed by atoms with Crippen LogP contribution >= 0.6 is 11.9 Å². The molecule has 0 aromatic heterocycles. The lowest BCUT2D eigenvalue weighted by molar-refractivity contribution is 0.395. The first-order chi connectivity index (χ1) is 16.6. The van der Waals surface area contributed by atoms with Crippen molar-refractivity contribution in [3.63, 3.8) is 0 Å². The van der Waals surface area contributed by atoms with E-state index in [-0.39, 0.29) is 5.84 Å². The molecule has 0 aliphatic carbocycles. The van der Waals surface area contributed by atoms with Gasteiger partial charge in [0.1, 0.15) is 11.5 Å². The molecule has 3 aromatic carbocycles. The van der Waals surface area contributed by atoms with Crippen LogP contribution in [0.2, 0.25) is 0 Å². The maximum atomic E-state index is 7.93. The molecule has 0 radical (unpaired) electrons. The molecular formula is C23H24N8O2S. The Morgan fingerprint density at radius 1 is 0.912 bits per heavy atom. The topological polar surface area (TPSA) is 141 Å². The van der Waals surface area contributed by atoms with E-state index in [0.29, 0.717) is 28.7 Å². The van der Waals surface area contributed by atoms with Crippen LogP contribution in [0.1, 0.15) is 5.56 Å². The van der Waals surface area contributed by atoms with Gasteiger partial charge in [-0.15, -0.1) is 5.11 Å². The fourth-order valence-electron chi connectivity index (χ4n) is 3.22. The molecule has 34 heavy (non-hydrogen) atoms. The third kappa shape index (κ3) is 5.33. The predicted octanol–water partition coefficient (Wildman–Crippen LogP) is 4.73. The number of hydrogen-bond donors (Lipinski definition) is 6. The van der Waals surface area contributed by atoms with Gasteiger partial charge in [0, 0.05) is 34.3 Å². The maximum absolute atomic E-state index is 7.93. The van der Waals surface area contributed by atoms with Gasteiger partial charge in [-0.3, -0.25) is 5.41 Å². The van der Waals surface area contributed by atoms with Gasteiger partial charge in [0.15, 0.2) is 17.5 Å². The number of nitrogens with two attached hydrogens (primary N) is 1. The Kier molecular flexibility index (Phi) is 7.04. The van der Waals surface area contributed by atoms with Crippen molar-refractivity contribution in [3.8, 4) is 11.5 Å². The highest BCUT2D eigenvalue weighted by Gasteiger charge is 2.18. The quantitative estimate of drug-likeness (QED) is 0.0684. The van der Waals surface area contributed by atoms with Crippen molar-refractivity contribution in [1.29, 1.82) is 5.41 Å². The van der Waals surface area contributed by atoms with Crippen LogP contribution in [-0.2, 0) is 0 Å². The van der Waals surface area contributed by atoms with Crippen LogP contribution in [0.15, 0.2) is 93.6 Å². The molecule has 0 spiro atoms. The summed E-state index contributed by atoms with van der Waals surface area (Å²) in [5.74, 6) is 7.83. The van der Waals surface area contributed by atoms with Crippen LogP contribution in [0.25, 0.3) is 0 Å². The summed E-state index contributed by atoms with van der Waals surface area (Å²) in [6, 6.07) is 20.9. The number of para-hydroxylation sites is 2. The zero-order chi connectivity index (χ0) is 23.9. The van der Waals surface area contributed by atoms with E-state index in [4.69, 9.17) is 20.7 Å². The van der Waals surface area contributed by atoms with E-state index in [2.05, 4.69) is 31.0 Å².